The van der Waals surface area contributed by atoms with Crippen LogP contribution in [0.15, 0.2) is 42.5 Å². The molecule has 0 amide bonds. The number of hydrogen-bond acceptors (Lipinski definition) is 2. The first-order valence-corrected chi connectivity index (χ1v) is 6.31. The topological polar surface area (TPSA) is 26.3 Å². The van der Waals surface area contributed by atoms with E-state index in [1.54, 1.807) is 0 Å². The smallest absolute Gasteiger partial charge is 0.416 e. The van der Waals surface area contributed by atoms with Gasteiger partial charge in [0.2, 0.25) is 0 Å². The van der Waals surface area contributed by atoms with Gasteiger partial charge in [-0.25, -0.2) is 0 Å². The lowest BCUT2D eigenvalue weighted by Gasteiger charge is -2.10. The van der Waals surface area contributed by atoms with Gasteiger partial charge in [-0.3, -0.25) is 4.79 Å². The molecule has 0 radical (unpaired) electrons. The Morgan fingerprint density at radius 1 is 1.05 bits per heavy atom. The molecular weight excluding hydrogens is 305 g/mol. The van der Waals surface area contributed by atoms with Crippen molar-refractivity contribution in [2.45, 2.75) is 13.1 Å². The molecule has 0 fully saturated rings. The predicted octanol–water partition coefficient (Wildman–Crippen LogP) is 5.35. The van der Waals surface area contributed by atoms with Crippen LogP contribution in [0.5, 0.6) is 11.5 Å². The molecule has 0 heterocycles. The maximum Gasteiger partial charge on any atom is 0.416 e. The number of ketones is 1. The van der Waals surface area contributed by atoms with Crippen LogP contribution in [0, 0.1) is 0 Å². The van der Waals surface area contributed by atoms with Crippen molar-refractivity contribution in [3.8, 4) is 11.5 Å². The standard InChI is InChI=1S/C15H10ClF3O2/c1-9(20)13-7-6-12(8-14(13)16)21-11-4-2-10(3-5-11)15(17,18)19/h2-8H,1H3. The van der Waals surface area contributed by atoms with Crippen LogP contribution in [0.2, 0.25) is 5.02 Å². The van der Waals surface area contributed by atoms with Gasteiger partial charge < -0.3 is 4.74 Å². The lowest BCUT2D eigenvalue weighted by atomic mass is 10.1. The second kappa shape index (κ2) is 5.77. The van der Waals surface area contributed by atoms with Crippen molar-refractivity contribution in [1.82, 2.24) is 0 Å². The highest BCUT2D eigenvalue weighted by molar-refractivity contribution is 6.34. The molecule has 0 bridgehead atoms. The second-order valence-corrected chi connectivity index (χ2v) is 4.73. The zero-order valence-electron chi connectivity index (χ0n) is 10.9. The molecule has 0 aliphatic heterocycles. The van der Waals surface area contributed by atoms with E-state index >= 15 is 0 Å². The van der Waals surface area contributed by atoms with Crippen LogP contribution in [0.4, 0.5) is 13.2 Å². The fraction of sp³-hybridized carbons (Fsp3) is 0.133. The number of carbonyl (C=O) groups excluding carboxylic acids is 1. The molecule has 0 aromatic heterocycles. The summed E-state index contributed by atoms with van der Waals surface area (Å²) in [5.74, 6) is 0.403. The number of benzene rings is 2. The van der Waals surface area contributed by atoms with E-state index in [0.717, 1.165) is 12.1 Å². The van der Waals surface area contributed by atoms with E-state index in [0.29, 0.717) is 11.3 Å². The van der Waals surface area contributed by atoms with Crippen molar-refractivity contribution in [2.75, 3.05) is 0 Å². The third-order valence-corrected chi connectivity index (χ3v) is 3.05. The van der Waals surface area contributed by atoms with Crippen LogP contribution in [0.3, 0.4) is 0 Å². The van der Waals surface area contributed by atoms with Crippen LogP contribution in [-0.2, 0) is 6.18 Å². The van der Waals surface area contributed by atoms with E-state index in [1.807, 2.05) is 0 Å². The largest absolute Gasteiger partial charge is 0.457 e. The Kier molecular flexibility index (Phi) is 4.23. The summed E-state index contributed by atoms with van der Waals surface area (Å²) in [5, 5.41) is 0.229. The van der Waals surface area contributed by atoms with Gasteiger partial charge in [0.05, 0.1) is 10.6 Å². The van der Waals surface area contributed by atoms with Gasteiger partial charge in [0.1, 0.15) is 11.5 Å². The quantitative estimate of drug-likeness (QED) is 0.713. The van der Waals surface area contributed by atoms with Crippen LogP contribution >= 0.6 is 11.6 Å². The van der Waals surface area contributed by atoms with Crippen molar-refractivity contribution in [1.29, 1.82) is 0 Å². The molecule has 6 heteroatoms. The number of halogens is 4. The molecule has 0 aliphatic rings. The molecule has 2 aromatic rings. The van der Waals surface area contributed by atoms with Gasteiger partial charge in [0.15, 0.2) is 5.78 Å². The summed E-state index contributed by atoms with van der Waals surface area (Å²) in [6.07, 6.45) is -4.38. The summed E-state index contributed by atoms with van der Waals surface area (Å²) in [6.45, 7) is 1.39. The SMILES string of the molecule is CC(=O)c1ccc(Oc2ccc(C(F)(F)F)cc2)cc1Cl. The highest BCUT2D eigenvalue weighted by Crippen LogP contribution is 2.32. The lowest BCUT2D eigenvalue weighted by molar-refractivity contribution is -0.137. The minimum absolute atomic E-state index is 0.180. The number of rotatable bonds is 3. The summed E-state index contributed by atoms with van der Waals surface area (Å²) in [5.41, 5.74) is -0.392. The van der Waals surface area contributed by atoms with Crippen LogP contribution < -0.4 is 4.74 Å². The number of Topliss-reactive ketones (excluding diaryl/α,β-unsaturated/α-hetero) is 1. The molecule has 0 N–H and O–H groups in total. The van der Waals surface area contributed by atoms with Gasteiger partial charge in [-0.1, -0.05) is 11.6 Å². The fourth-order valence-corrected chi connectivity index (χ4v) is 2.00. The number of carbonyl (C=O) groups is 1. The Bertz CT molecular complexity index is 664. The first kappa shape index (κ1) is 15.4. The highest BCUT2D eigenvalue weighted by Gasteiger charge is 2.30. The van der Waals surface area contributed by atoms with E-state index in [4.69, 9.17) is 16.3 Å². The van der Waals surface area contributed by atoms with E-state index in [-0.39, 0.29) is 16.6 Å². The van der Waals surface area contributed by atoms with E-state index < -0.39 is 11.7 Å². The van der Waals surface area contributed by atoms with Crippen molar-refractivity contribution < 1.29 is 22.7 Å². The molecule has 0 saturated carbocycles. The maximum atomic E-state index is 12.4. The predicted molar refractivity (Wildman–Crippen MR) is 73.0 cm³/mol. The molecule has 21 heavy (non-hydrogen) atoms. The van der Waals surface area contributed by atoms with Crippen LogP contribution in [-0.4, -0.2) is 5.78 Å². The first-order chi connectivity index (χ1) is 9.77. The molecule has 0 saturated heterocycles. The van der Waals surface area contributed by atoms with Crippen molar-refractivity contribution >= 4 is 17.4 Å². The van der Waals surface area contributed by atoms with Gasteiger partial charge in [-0.2, -0.15) is 13.2 Å². The van der Waals surface area contributed by atoms with E-state index in [9.17, 15) is 18.0 Å². The maximum absolute atomic E-state index is 12.4. The Morgan fingerprint density at radius 2 is 1.62 bits per heavy atom. The fourth-order valence-electron chi connectivity index (χ4n) is 1.69. The molecule has 0 unspecified atom stereocenters. The summed E-state index contributed by atoms with van der Waals surface area (Å²) in [6, 6.07) is 8.77. The molecule has 2 nitrogen and oxygen atoms in total. The molecule has 2 aromatic carbocycles. The summed E-state index contributed by atoms with van der Waals surface area (Å²) < 4.78 is 42.7. The Hall–Kier alpha value is -2.01. The zero-order chi connectivity index (χ0) is 15.6. The third kappa shape index (κ3) is 3.76. The Labute approximate surface area is 124 Å². The minimum atomic E-state index is -4.38. The van der Waals surface area contributed by atoms with Gasteiger partial charge in [0.25, 0.3) is 0 Å². The molecule has 110 valence electrons. The van der Waals surface area contributed by atoms with Gasteiger partial charge in [-0.15, -0.1) is 0 Å². The monoisotopic (exact) mass is 314 g/mol. The van der Waals surface area contributed by atoms with Gasteiger partial charge in [-0.05, 0) is 43.3 Å². The van der Waals surface area contributed by atoms with Crippen molar-refractivity contribution in [2.24, 2.45) is 0 Å². The van der Waals surface area contributed by atoms with Crippen molar-refractivity contribution in [3.05, 3.63) is 58.6 Å². The molecule has 2 rings (SSSR count). The highest BCUT2D eigenvalue weighted by atomic mass is 35.5. The summed E-state index contributed by atoms with van der Waals surface area (Å²) >= 11 is 5.93. The van der Waals surface area contributed by atoms with E-state index in [2.05, 4.69) is 0 Å². The van der Waals surface area contributed by atoms with E-state index in [1.165, 1.54) is 37.3 Å². The number of ether oxygens (including phenoxy) is 1. The second-order valence-electron chi connectivity index (χ2n) is 4.32. The lowest BCUT2D eigenvalue weighted by Crippen LogP contribution is -2.04. The minimum Gasteiger partial charge on any atom is -0.457 e. The molecule has 0 aliphatic carbocycles. The summed E-state index contributed by atoms with van der Waals surface area (Å²) in [4.78, 5) is 11.2. The van der Waals surface area contributed by atoms with Crippen LogP contribution in [0.25, 0.3) is 0 Å². The Balaban J connectivity index is 2.19. The molecule has 0 spiro atoms. The van der Waals surface area contributed by atoms with Crippen molar-refractivity contribution in [3.63, 3.8) is 0 Å². The van der Waals surface area contributed by atoms with Gasteiger partial charge in [0, 0.05) is 11.6 Å². The summed E-state index contributed by atoms with van der Waals surface area (Å²) in [7, 11) is 0. The Morgan fingerprint density at radius 3 is 2.10 bits per heavy atom. The molecular formula is C15H10ClF3O2. The van der Waals surface area contributed by atoms with Gasteiger partial charge >= 0.3 is 6.18 Å². The number of alkyl halides is 3. The van der Waals surface area contributed by atoms with Crippen LogP contribution in [0.1, 0.15) is 22.8 Å². The average molecular weight is 315 g/mol. The number of hydrogen-bond donors (Lipinski definition) is 0. The zero-order valence-corrected chi connectivity index (χ0v) is 11.6. The normalized spacial score (nSPS) is 11.3. The third-order valence-electron chi connectivity index (χ3n) is 2.74. The first-order valence-electron chi connectivity index (χ1n) is 5.93. The molecule has 0 atom stereocenters. The average Bonchev–Trinajstić information content (AvgIpc) is 2.38.